The second kappa shape index (κ2) is 4.02. The maximum atomic E-state index is 10.1. The molecule has 0 aromatic carbocycles. The van der Waals surface area contributed by atoms with Crippen LogP contribution in [0.2, 0.25) is 0 Å². The van der Waals surface area contributed by atoms with Crippen LogP contribution in [0.1, 0.15) is 0 Å². The lowest BCUT2D eigenvalue weighted by atomic mass is 10.7. The van der Waals surface area contributed by atoms with Crippen LogP contribution in [0.4, 0.5) is 0 Å². The second-order valence-corrected chi connectivity index (χ2v) is 2.32. The molecule has 0 bridgehead atoms. The van der Waals surface area contributed by atoms with Crippen molar-refractivity contribution in [2.75, 3.05) is 12.9 Å². The maximum absolute atomic E-state index is 10.1. The highest BCUT2D eigenvalue weighted by Gasteiger charge is 1.73. The van der Waals surface area contributed by atoms with Gasteiger partial charge in [-0.1, -0.05) is 6.08 Å². The Morgan fingerprint density at radius 1 is 1.86 bits per heavy atom. The Morgan fingerprint density at radius 3 is 2.57 bits per heavy atom. The van der Waals surface area contributed by atoms with E-state index in [9.17, 15) is 4.21 Å². The smallest absolute Gasteiger partial charge is 0.0621 e. The van der Waals surface area contributed by atoms with Crippen LogP contribution < -0.4 is 0 Å². The normalized spacial score (nSPS) is 15.1. The van der Waals surface area contributed by atoms with E-state index in [4.69, 9.17) is 5.11 Å². The van der Waals surface area contributed by atoms with Crippen molar-refractivity contribution in [3.8, 4) is 0 Å². The van der Waals surface area contributed by atoms with Gasteiger partial charge in [0.2, 0.25) is 0 Å². The van der Waals surface area contributed by atoms with Crippen molar-refractivity contribution in [2.24, 2.45) is 0 Å². The summed E-state index contributed by atoms with van der Waals surface area (Å²) in [6, 6.07) is 0. The molecule has 0 heterocycles. The molecule has 0 aliphatic rings. The summed E-state index contributed by atoms with van der Waals surface area (Å²) in [6.45, 7) is -0.0282. The first-order valence-electron chi connectivity index (χ1n) is 1.87. The minimum atomic E-state index is -0.906. The molecule has 0 radical (unpaired) electrons. The van der Waals surface area contributed by atoms with E-state index in [-0.39, 0.29) is 6.61 Å². The summed E-state index contributed by atoms with van der Waals surface area (Å²) in [7, 11) is -0.906. The standard InChI is InChI=1S/C4H8O2S/c1-7(6)4-2-3-5/h2,4-5H,3H2,1H3/b4-2+/t7-/m0/s1. The topological polar surface area (TPSA) is 37.3 Å². The van der Waals surface area contributed by atoms with E-state index >= 15 is 0 Å². The van der Waals surface area contributed by atoms with Gasteiger partial charge in [0.25, 0.3) is 0 Å². The van der Waals surface area contributed by atoms with Crippen LogP contribution in [0, 0.1) is 0 Å². The summed E-state index contributed by atoms with van der Waals surface area (Å²) in [5.74, 6) is 0. The molecule has 0 aliphatic carbocycles. The summed E-state index contributed by atoms with van der Waals surface area (Å²) in [4.78, 5) is 0. The molecule has 0 amide bonds. The summed E-state index contributed by atoms with van der Waals surface area (Å²) in [5, 5.41) is 9.54. The van der Waals surface area contributed by atoms with Crippen molar-refractivity contribution < 1.29 is 9.32 Å². The summed E-state index contributed by atoms with van der Waals surface area (Å²) in [6.07, 6.45) is 3.00. The lowest BCUT2D eigenvalue weighted by molar-refractivity contribution is 0.343. The van der Waals surface area contributed by atoms with Crippen molar-refractivity contribution in [3.05, 3.63) is 11.5 Å². The van der Waals surface area contributed by atoms with Gasteiger partial charge in [-0.2, -0.15) is 0 Å². The van der Waals surface area contributed by atoms with Gasteiger partial charge in [-0.25, -0.2) is 0 Å². The summed E-state index contributed by atoms with van der Waals surface area (Å²) >= 11 is 0. The fourth-order valence-electron chi connectivity index (χ4n) is 0.179. The van der Waals surface area contributed by atoms with Crippen LogP contribution in [0.15, 0.2) is 11.5 Å². The molecule has 2 nitrogen and oxygen atoms in total. The van der Waals surface area contributed by atoms with Crippen molar-refractivity contribution in [1.82, 2.24) is 0 Å². The number of aliphatic hydroxyl groups excluding tert-OH is 1. The Morgan fingerprint density at radius 2 is 2.43 bits per heavy atom. The Balaban J connectivity index is 3.26. The van der Waals surface area contributed by atoms with Gasteiger partial charge in [0, 0.05) is 22.5 Å². The van der Waals surface area contributed by atoms with Crippen molar-refractivity contribution >= 4 is 10.8 Å². The lowest BCUT2D eigenvalue weighted by Crippen LogP contribution is -1.77. The van der Waals surface area contributed by atoms with Gasteiger partial charge < -0.3 is 5.11 Å². The van der Waals surface area contributed by atoms with E-state index in [0.717, 1.165) is 0 Å². The highest BCUT2D eigenvalue weighted by molar-refractivity contribution is 7.87. The molecule has 7 heavy (non-hydrogen) atoms. The van der Waals surface area contributed by atoms with Gasteiger partial charge in [-0.3, -0.25) is 4.21 Å². The molecule has 1 atom stereocenters. The predicted octanol–water partition coefficient (Wildman–Crippen LogP) is -0.129. The van der Waals surface area contributed by atoms with Crippen molar-refractivity contribution in [2.45, 2.75) is 0 Å². The number of rotatable bonds is 2. The molecule has 3 heteroatoms. The molecule has 42 valence electrons. The zero-order chi connectivity index (χ0) is 5.70. The first kappa shape index (κ1) is 6.85. The molecule has 0 rings (SSSR count). The SMILES string of the molecule is C[S@](=O)/C=C/CO. The first-order valence-corrected chi connectivity index (χ1v) is 3.49. The number of hydrogen-bond donors (Lipinski definition) is 1. The maximum Gasteiger partial charge on any atom is 0.0621 e. The lowest BCUT2D eigenvalue weighted by Gasteiger charge is -1.75. The van der Waals surface area contributed by atoms with Gasteiger partial charge in [-0.15, -0.1) is 0 Å². The highest BCUT2D eigenvalue weighted by atomic mass is 32.2. The van der Waals surface area contributed by atoms with Crippen LogP contribution in [0.3, 0.4) is 0 Å². The number of hydrogen-bond acceptors (Lipinski definition) is 2. The molecule has 0 saturated heterocycles. The minimum Gasteiger partial charge on any atom is -0.392 e. The Labute approximate surface area is 45.3 Å². The predicted molar refractivity (Wildman–Crippen MR) is 30.3 cm³/mol. The third-order valence-corrected chi connectivity index (χ3v) is 0.969. The zero-order valence-electron chi connectivity index (χ0n) is 4.13. The number of aliphatic hydroxyl groups is 1. The van der Waals surface area contributed by atoms with Gasteiger partial charge in [0.05, 0.1) is 6.61 Å². The summed E-state index contributed by atoms with van der Waals surface area (Å²) in [5.41, 5.74) is 0. The molecular formula is C4H8O2S. The van der Waals surface area contributed by atoms with Crippen LogP contribution >= 0.6 is 0 Å². The van der Waals surface area contributed by atoms with E-state index in [1.54, 1.807) is 6.26 Å². The molecule has 0 aliphatic heterocycles. The Hall–Kier alpha value is -0.150. The van der Waals surface area contributed by atoms with E-state index in [1.165, 1.54) is 11.5 Å². The van der Waals surface area contributed by atoms with Crippen LogP contribution in [-0.2, 0) is 10.8 Å². The average Bonchev–Trinajstić information content (AvgIpc) is 1.61. The fraction of sp³-hybridized carbons (Fsp3) is 0.500. The van der Waals surface area contributed by atoms with Gasteiger partial charge in [-0.05, 0) is 0 Å². The molecule has 1 N–H and O–H groups in total. The molecular weight excluding hydrogens is 112 g/mol. The molecule has 0 aromatic rings. The first-order chi connectivity index (χ1) is 3.27. The Bertz CT molecular complexity index is 87.7. The minimum absolute atomic E-state index is 0.0282. The van der Waals surface area contributed by atoms with E-state index in [2.05, 4.69) is 0 Å². The van der Waals surface area contributed by atoms with Crippen molar-refractivity contribution in [1.29, 1.82) is 0 Å². The third kappa shape index (κ3) is 5.85. The summed E-state index contributed by atoms with van der Waals surface area (Å²) < 4.78 is 10.1. The van der Waals surface area contributed by atoms with E-state index in [0.29, 0.717) is 0 Å². The molecule has 0 aromatic heterocycles. The highest BCUT2D eigenvalue weighted by Crippen LogP contribution is 1.74. The molecule has 0 unspecified atom stereocenters. The Kier molecular flexibility index (Phi) is 3.93. The molecule has 0 spiro atoms. The second-order valence-electron chi connectivity index (χ2n) is 1.05. The van der Waals surface area contributed by atoms with Gasteiger partial charge >= 0.3 is 0 Å². The zero-order valence-corrected chi connectivity index (χ0v) is 4.94. The molecule has 0 saturated carbocycles. The van der Waals surface area contributed by atoms with Crippen molar-refractivity contribution in [3.63, 3.8) is 0 Å². The van der Waals surface area contributed by atoms with Crippen LogP contribution in [0.25, 0.3) is 0 Å². The van der Waals surface area contributed by atoms with Crippen LogP contribution in [0.5, 0.6) is 0 Å². The monoisotopic (exact) mass is 120 g/mol. The largest absolute Gasteiger partial charge is 0.392 e. The molecule has 0 fully saturated rings. The van der Waals surface area contributed by atoms with Gasteiger partial charge in [0.15, 0.2) is 0 Å². The van der Waals surface area contributed by atoms with Crippen LogP contribution in [-0.4, -0.2) is 22.2 Å². The third-order valence-electron chi connectivity index (χ3n) is 0.393. The van der Waals surface area contributed by atoms with E-state index in [1.807, 2.05) is 0 Å². The average molecular weight is 120 g/mol. The quantitative estimate of drug-likeness (QED) is 0.551. The van der Waals surface area contributed by atoms with Gasteiger partial charge in [0.1, 0.15) is 0 Å². The van der Waals surface area contributed by atoms with E-state index < -0.39 is 10.8 Å². The fourth-order valence-corrected chi connectivity index (χ4v) is 0.536.